The fourth-order valence-electron chi connectivity index (χ4n) is 3.13. The van der Waals surface area contributed by atoms with Gasteiger partial charge in [0.1, 0.15) is 11.2 Å². The van der Waals surface area contributed by atoms with Crippen molar-refractivity contribution in [1.29, 1.82) is 0 Å². The van der Waals surface area contributed by atoms with E-state index in [1.807, 2.05) is 20.8 Å². The minimum absolute atomic E-state index is 0.113. The smallest absolute Gasteiger partial charge is 0.339 e. The van der Waals surface area contributed by atoms with E-state index in [1.165, 1.54) is 18.0 Å². The van der Waals surface area contributed by atoms with Gasteiger partial charge >= 0.3 is 6.18 Å². The molecule has 3 aromatic heterocycles. The zero-order chi connectivity index (χ0) is 22.1. The van der Waals surface area contributed by atoms with Gasteiger partial charge in [-0.3, -0.25) is 9.78 Å². The van der Waals surface area contributed by atoms with Crippen LogP contribution in [0.1, 0.15) is 36.7 Å². The lowest BCUT2D eigenvalue weighted by Crippen LogP contribution is -2.30. The number of imidazole rings is 1. The quantitative estimate of drug-likeness (QED) is 0.526. The Labute approximate surface area is 176 Å². The van der Waals surface area contributed by atoms with E-state index in [0.717, 1.165) is 22.9 Å². The summed E-state index contributed by atoms with van der Waals surface area (Å²) >= 11 is 1.49. The number of amides is 1. The predicted octanol–water partition coefficient (Wildman–Crippen LogP) is 4.64. The summed E-state index contributed by atoms with van der Waals surface area (Å²) < 4.78 is 40.7. The van der Waals surface area contributed by atoms with Gasteiger partial charge in [0.05, 0.1) is 11.1 Å². The second-order valence-electron chi connectivity index (χ2n) is 6.54. The molecule has 30 heavy (non-hydrogen) atoms. The second kappa shape index (κ2) is 8.63. The average molecular weight is 437 g/mol. The van der Waals surface area contributed by atoms with Gasteiger partial charge in [0, 0.05) is 37.4 Å². The number of aromatic nitrogens is 4. The second-order valence-corrected chi connectivity index (χ2v) is 7.85. The topological polar surface area (TPSA) is 63.9 Å². The van der Waals surface area contributed by atoms with Gasteiger partial charge in [0.25, 0.3) is 5.91 Å². The number of rotatable bonds is 6. The molecule has 0 bridgehead atoms. The zero-order valence-corrected chi connectivity index (χ0v) is 17.9. The van der Waals surface area contributed by atoms with Crippen LogP contribution in [-0.4, -0.2) is 49.2 Å². The maximum atomic E-state index is 13.0. The van der Waals surface area contributed by atoms with E-state index in [0.29, 0.717) is 35.8 Å². The van der Waals surface area contributed by atoms with E-state index in [-0.39, 0.29) is 11.4 Å². The van der Waals surface area contributed by atoms with Crippen molar-refractivity contribution in [3.63, 3.8) is 0 Å². The van der Waals surface area contributed by atoms with E-state index < -0.39 is 11.7 Å². The molecule has 1 amide bonds. The SMILES string of the molecule is CCSc1cc(C(=O)N(CC)CC)cnc1-c1nc2cc(C(F)(F)F)cnc2n1C. The van der Waals surface area contributed by atoms with Crippen LogP contribution in [0.25, 0.3) is 22.7 Å². The Kier molecular flexibility index (Phi) is 6.35. The number of aryl methyl sites for hydroxylation is 1. The molecule has 0 unspecified atom stereocenters. The first kappa shape index (κ1) is 22.1. The Bertz CT molecular complexity index is 1080. The molecule has 0 fully saturated rings. The summed E-state index contributed by atoms with van der Waals surface area (Å²) in [6.07, 6.45) is -2.20. The molecule has 3 aromatic rings. The molecule has 6 nitrogen and oxygen atoms in total. The lowest BCUT2D eigenvalue weighted by molar-refractivity contribution is -0.137. The van der Waals surface area contributed by atoms with Gasteiger partial charge in [-0.05, 0) is 31.7 Å². The van der Waals surface area contributed by atoms with E-state index in [9.17, 15) is 18.0 Å². The van der Waals surface area contributed by atoms with Crippen LogP contribution in [0.2, 0.25) is 0 Å². The summed E-state index contributed by atoms with van der Waals surface area (Å²) in [5.74, 6) is 1.02. The van der Waals surface area contributed by atoms with Crippen LogP contribution in [0.5, 0.6) is 0 Å². The molecule has 0 saturated heterocycles. The molecule has 3 heterocycles. The summed E-state index contributed by atoms with van der Waals surface area (Å²) in [5, 5.41) is 0. The minimum atomic E-state index is -4.49. The third-order valence-corrected chi connectivity index (χ3v) is 5.61. The number of hydrogen-bond donors (Lipinski definition) is 0. The summed E-state index contributed by atoms with van der Waals surface area (Å²) in [7, 11) is 1.68. The summed E-state index contributed by atoms with van der Waals surface area (Å²) in [4.78, 5) is 27.9. The molecule has 0 radical (unpaired) electrons. The first-order chi connectivity index (χ1) is 14.2. The molecule has 0 saturated carbocycles. The lowest BCUT2D eigenvalue weighted by atomic mass is 10.2. The fraction of sp³-hybridized carbons (Fsp3) is 0.400. The Morgan fingerprint density at radius 2 is 1.83 bits per heavy atom. The van der Waals surface area contributed by atoms with Crippen molar-refractivity contribution in [2.24, 2.45) is 7.05 Å². The lowest BCUT2D eigenvalue weighted by Gasteiger charge is -2.19. The third kappa shape index (κ3) is 4.14. The van der Waals surface area contributed by atoms with E-state index in [4.69, 9.17) is 0 Å². The maximum absolute atomic E-state index is 13.0. The Balaban J connectivity index is 2.11. The van der Waals surface area contributed by atoms with E-state index in [1.54, 1.807) is 22.6 Å². The molecular formula is C20H22F3N5OS. The van der Waals surface area contributed by atoms with Crippen molar-refractivity contribution in [3.05, 3.63) is 35.7 Å². The molecular weight excluding hydrogens is 415 g/mol. The first-order valence-electron chi connectivity index (χ1n) is 9.53. The van der Waals surface area contributed by atoms with Gasteiger partial charge in [-0.1, -0.05) is 6.92 Å². The highest BCUT2D eigenvalue weighted by Crippen LogP contribution is 2.34. The van der Waals surface area contributed by atoms with Crippen LogP contribution in [0.4, 0.5) is 13.2 Å². The van der Waals surface area contributed by atoms with Crippen molar-refractivity contribution in [1.82, 2.24) is 24.4 Å². The Morgan fingerprint density at radius 1 is 1.13 bits per heavy atom. The minimum Gasteiger partial charge on any atom is -0.339 e. The van der Waals surface area contributed by atoms with Crippen molar-refractivity contribution in [2.45, 2.75) is 31.8 Å². The first-order valence-corrected chi connectivity index (χ1v) is 10.5. The Hall–Kier alpha value is -2.62. The molecule has 0 aliphatic carbocycles. The monoisotopic (exact) mass is 437 g/mol. The largest absolute Gasteiger partial charge is 0.417 e. The zero-order valence-electron chi connectivity index (χ0n) is 17.1. The molecule has 160 valence electrons. The molecule has 0 spiro atoms. The fourth-order valence-corrected chi connectivity index (χ4v) is 3.93. The van der Waals surface area contributed by atoms with Gasteiger partial charge in [-0.25, -0.2) is 9.97 Å². The van der Waals surface area contributed by atoms with Gasteiger partial charge in [0.15, 0.2) is 11.5 Å². The molecule has 0 aromatic carbocycles. The number of carbonyl (C=O) groups excluding carboxylic acids is 1. The highest BCUT2D eigenvalue weighted by molar-refractivity contribution is 7.99. The van der Waals surface area contributed by atoms with E-state index >= 15 is 0 Å². The van der Waals surface area contributed by atoms with Crippen LogP contribution in [0.15, 0.2) is 29.4 Å². The molecule has 0 aliphatic rings. The van der Waals surface area contributed by atoms with Gasteiger partial charge in [-0.2, -0.15) is 13.2 Å². The number of nitrogens with zero attached hydrogens (tertiary/aromatic N) is 5. The van der Waals surface area contributed by atoms with Crippen LogP contribution in [0, 0.1) is 0 Å². The number of alkyl halides is 3. The van der Waals surface area contributed by atoms with Crippen molar-refractivity contribution in [2.75, 3.05) is 18.8 Å². The molecule has 0 aliphatic heterocycles. The summed E-state index contributed by atoms with van der Waals surface area (Å²) in [6, 6.07) is 2.75. The van der Waals surface area contributed by atoms with Gasteiger partial charge < -0.3 is 9.47 Å². The average Bonchev–Trinajstić information content (AvgIpc) is 3.04. The van der Waals surface area contributed by atoms with Crippen LogP contribution < -0.4 is 0 Å². The number of halogens is 3. The van der Waals surface area contributed by atoms with Gasteiger partial charge in [-0.15, -0.1) is 11.8 Å². The van der Waals surface area contributed by atoms with Crippen molar-refractivity contribution >= 4 is 28.8 Å². The number of pyridine rings is 2. The van der Waals surface area contributed by atoms with Crippen LogP contribution in [-0.2, 0) is 13.2 Å². The van der Waals surface area contributed by atoms with Gasteiger partial charge in [0.2, 0.25) is 0 Å². The number of carbonyl (C=O) groups is 1. The number of fused-ring (bicyclic) bond motifs is 1. The molecule has 3 rings (SSSR count). The molecule has 0 N–H and O–H groups in total. The van der Waals surface area contributed by atoms with E-state index in [2.05, 4.69) is 15.0 Å². The predicted molar refractivity (Wildman–Crippen MR) is 110 cm³/mol. The third-order valence-electron chi connectivity index (χ3n) is 4.70. The highest BCUT2D eigenvalue weighted by Gasteiger charge is 2.32. The van der Waals surface area contributed by atoms with Crippen LogP contribution in [0.3, 0.4) is 0 Å². The number of thioether (sulfide) groups is 1. The normalized spacial score (nSPS) is 11.8. The summed E-state index contributed by atoms with van der Waals surface area (Å²) in [6.45, 7) is 6.97. The molecule has 0 atom stereocenters. The number of hydrogen-bond acceptors (Lipinski definition) is 5. The van der Waals surface area contributed by atoms with Crippen molar-refractivity contribution in [3.8, 4) is 11.5 Å². The maximum Gasteiger partial charge on any atom is 0.417 e. The molecule has 10 heteroatoms. The van der Waals surface area contributed by atoms with Crippen LogP contribution >= 0.6 is 11.8 Å². The summed E-state index contributed by atoms with van der Waals surface area (Å²) in [5.41, 5.74) is 0.591. The highest BCUT2D eigenvalue weighted by atomic mass is 32.2. The standard InChI is InChI=1S/C20H22F3N5OS/c1-5-28(6-2)19(29)12-8-15(30-7-3)16(24-10-12)18-26-14-9-13(20(21,22)23)11-25-17(14)27(18)4/h8-11H,5-7H2,1-4H3. The Morgan fingerprint density at radius 3 is 2.43 bits per heavy atom. The van der Waals surface area contributed by atoms with Crippen molar-refractivity contribution < 1.29 is 18.0 Å².